The first-order valence-corrected chi connectivity index (χ1v) is 8.25. The van der Waals surface area contributed by atoms with Crippen LogP contribution in [0.15, 0.2) is 46.8 Å². The van der Waals surface area contributed by atoms with Gasteiger partial charge in [-0.05, 0) is 43.0 Å². The maximum Gasteiger partial charge on any atom is 0.191 e. The van der Waals surface area contributed by atoms with Crippen LogP contribution in [0.4, 0.5) is 0 Å². The first-order valence-electron chi connectivity index (χ1n) is 7.37. The standard InChI is InChI=1S/C17H23N3OS/c1-13-6-4-7-15(10-13)21-14(2)11-19-17(18-3)20-12-16-8-5-9-22-16/h4-10,14H,11-12H2,1-3H3,(H2,18,19,20). The summed E-state index contributed by atoms with van der Waals surface area (Å²) in [6, 6.07) is 12.2. The fourth-order valence-corrected chi connectivity index (χ4v) is 2.65. The van der Waals surface area contributed by atoms with Gasteiger partial charge in [-0.3, -0.25) is 4.99 Å². The zero-order valence-electron chi connectivity index (χ0n) is 13.3. The van der Waals surface area contributed by atoms with Gasteiger partial charge in [0.1, 0.15) is 11.9 Å². The van der Waals surface area contributed by atoms with E-state index in [1.165, 1.54) is 10.4 Å². The fourth-order valence-electron chi connectivity index (χ4n) is 2.01. The highest BCUT2D eigenvalue weighted by atomic mass is 32.1. The van der Waals surface area contributed by atoms with E-state index in [1.807, 2.05) is 25.1 Å². The third-order valence-electron chi connectivity index (χ3n) is 3.12. The Hall–Kier alpha value is -2.01. The number of ether oxygens (including phenoxy) is 1. The molecule has 0 saturated heterocycles. The van der Waals surface area contributed by atoms with Gasteiger partial charge >= 0.3 is 0 Å². The van der Waals surface area contributed by atoms with Crippen molar-refractivity contribution in [3.63, 3.8) is 0 Å². The highest BCUT2D eigenvalue weighted by molar-refractivity contribution is 7.09. The molecule has 2 rings (SSSR count). The summed E-state index contributed by atoms with van der Waals surface area (Å²) in [6.45, 7) is 5.58. The van der Waals surface area contributed by atoms with Crippen molar-refractivity contribution in [1.82, 2.24) is 10.6 Å². The second-order valence-corrected chi connectivity index (χ2v) is 6.16. The Labute approximate surface area is 136 Å². The van der Waals surface area contributed by atoms with Crippen LogP contribution >= 0.6 is 11.3 Å². The van der Waals surface area contributed by atoms with Crippen LogP contribution in [0.1, 0.15) is 17.4 Å². The van der Waals surface area contributed by atoms with E-state index >= 15 is 0 Å². The first kappa shape index (κ1) is 16.4. The zero-order valence-corrected chi connectivity index (χ0v) is 14.1. The summed E-state index contributed by atoms with van der Waals surface area (Å²) in [5.74, 6) is 1.68. The van der Waals surface area contributed by atoms with Crippen molar-refractivity contribution in [2.24, 2.45) is 4.99 Å². The van der Waals surface area contributed by atoms with E-state index in [-0.39, 0.29) is 6.10 Å². The summed E-state index contributed by atoms with van der Waals surface area (Å²) >= 11 is 1.73. The quantitative estimate of drug-likeness (QED) is 0.635. The number of aryl methyl sites for hydroxylation is 1. The maximum atomic E-state index is 5.90. The Bertz CT molecular complexity index is 596. The summed E-state index contributed by atoms with van der Waals surface area (Å²) in [6.07, 6.45) is 0.0575. The smallest absolute Gasteiger partial charge is 0.191 e. The molecule has 1 aromatic heterocycles. The van der Waals surface area contributed by atoms with Crippen LogP contribution in [-0.4, -0.2) is 25.7 Å². The van der Waals surface area contributed by atoms with Gasteiger partial charge in [-0.25, -0.2) is 0 Å². The molecule has 0 bridgehead atoms. The summed E-state index contributed by atoms with van der Waals surface area (Å²) in [4.78, 5) is 5.51. The lowest BCUT2D eigenvalue weighted by atomic mass is 10.2. The number of hydrogen-bond acceptors (Lipinski definition) is 3. The van der Waals surface area contributed by atoms with Gasteiger partial charge in [-0.2, -0.15) is 0 Å². The van der Waals surface area contributed by atoms with Gasteiger partial charge in [0.15, 0.2) is 5.96 Å². The van der Waals surface area contributed by atoms with Crippen molar-refractivity contribution in [2.75, 3.05) is 13.6 Å². The number of hydrogen-bond donors (Lipinski definition) is 2. The van der Waals surface area contributed by atoms with Crippen molar-refractivity contribution in [3.8, 4) is 5.75 Å². The van der Waals surface area contributed by atoms with Crippen molar-refractivity contribution in [1.29, 1.82) is 0 Å². The SMILES string of the molecule is CN=C(NCc1cccs1)NCC(C)Oc1cccc(C)c1. The van der Waals surface area contributed by atoms with Crippen LogP contribution in [0.5, 0.6) is 5.75 Å². The van der Waals surface area contributed by atoms with Gasteiger partial charge in [0.25, 0.3) is 0 Å². The zero-order chi connectivity index (χ0) is 15.8. The van der Waals surface area contributed by atoms with E-state index in [2.05, 4.69) is 46.1 Å². The van der Waals surface area contributed by atoms with Crippen molar-refractivity contribution in [2.45, 2.75) is 26.5 Å². The van der Waals surface area contributed by atoms with E-state index in [1.54, 1.807) is 18.4 Å². The molecule has 2 aromatic rings. The number of thiophene rings is 1. The number of aliphatic imine (C=N–C) groups is 1. The third-order valence-corrected chi connectivity index (χ3v) is 3.99. The Kier molecular flexibility index (Phi) is 6.27. The van der Waals surface area contributed by atoms with Crippen LogP contribution in [0.25, 0.3) is 0 Å². The minimum absolute atomic E-state index is 0.0575. The van der Waals surface area contributed by atoms with Crippen molar-refractivity contribution in [3.05, 3.63) is 52.2 Å². The van der Waals surface area contributed by atoms with Crippen LogP contribution in [0, 0.1) is 6.92 Å². The molecular weight excluding hydrogens is 294 g/mol. The lowest BCUT2D eigenvalue weighted by Gasteiger charge is -2.17. The molecule has 1 unspecified atom stereocenters. The molecule has 22 heavy (non-hydrogen) atoms. The van der Waals surface area contributed by atoms with Gasteiger partial charge in [-0.15, -0.1) is 11.3 Å². The molecule has 4 nitrogen and oxygen atoms in total. The van der Waals surface area contributed by atoms with E-state index < -0.39 is 0 Å². The Balaban J connectivity index is 1.75. The molecule has 1 heterocycles. The molecule has 1 aromatic carbocycles. The fraction of sp³-hybridized carbons (Fsp3) is 0.353. The molecule has 0 aliphatic carbocycles. The average Bonchev–Trinajstić information content (AvgIpc) is 3.01. The highest BCUT2D eigenvalue weighted by Crippen LogP contribution is 2.13. The topological polar surface area (TPSA) is 45.7 Å². The Morgan fingerprint density at radius 2 is 2.14 bits per heavy atom. The molecule has 0 aliphatic rings. The number of nitrogens with zero attached hydrogens (tertiary/aromatic N) is 1. The molecule has 0 radical (unpaired) electrons. The minimum Gasteiger partial charge on any atom is -0.489 e. The third kappa shape index (κ3) is 5.41. The summed E-state index contributed by atoms with van der Waals surface area (Å²) in [5, 5.41) is 8.65. The second-order valence-electron chi connectivity index (χ2n) is 5.13. The van der Waals surface area contributed by atoms with Crippen LogP contribution in [0.3, 0.4) is 0 Å². The van der Waals surface area contributed by atoms with E-state index in [4.69, 9.17) is 4.74 Å². The molecule has 0 aliphatic heterocycles. The maximum absolute atomic E-state index is 5.90. The highest BCUT2D eigenvalue weighted by Gasteiger charge is 2.06. The summed E-state index contributed by atoms with van der Waals surface area (Å²) in [5.41, 5.74) is 1.20. The van der Waals surface area contributed by atoms with Gasteiger partial charge in [0.05, 0.1) is 13.1 Å². The molecule has 0 fully saturated rings. The van der Waals surface area contributed by atoms with E-state index in [0.29, 0.717) is 6.54 Å². The second kappa shape index (κ2) is 8.44. The van der Waals surface area contributed by atoms with Crippen LogP contribution in [0.2, 0.25) is 0 Å². The minimum atomic E-state index is 0.0575. The van der Waals surface area contributed by atoms with Gasteiger partial charge in [-0.1, -0.05) is 18.2 Å². The molecule has 118 valence electrons. The largest absolute Gasteiger partial charge is 0.489 e. The predicted molar refractivity (Wildman–Crippen MR) is 93.8 cm³/mol. The lowest BCUT2D eigenvalue weighted by Crippen LogP contribution is -2.41. The molecule has 2 N–H and O–H groups in total. The molecule has 0 amide bonds. The number of guanidine groups is 1. The lowest BCUT2D eigenvalue weighted by molar-refractivity contribution is 0.223. The van der Waals surface area contributed by atoms with Gasteiger partial charge in [0, 0.05) is 11.9 Å². The number of benzene rings is 1. The normalized spacial score (nSPS) is 12.8. The molecule has 5 heteroatoms. The van der Waals surface area contributed by atoms with E-state index in [9.17, 15) is 0 Å². The summed E-state index contributed by atoms with van der Waals surface area (Å²) < 4.78 is 5.90. The molecular formula is C17H23N3OS. The number of nitrogens with one attached hydrogen (secondary N) is 2. The van der Waals surface area contributed by atoms with Crippen LogP contribution in [-0.2, 0) is 6.54 Å². The molecule has 0 spiro atoms. The van der Waals surface area contributed by atoms with Crippen molar-refractivity contribution >= 4 is 17.3 Å². The predicted octanol–water partition coefficient (Wildman–Crippen LogP) is 3.19. The number of rotatable bonds is 6. The Morgan fingerprint density at radius 1 is 1.27 bits per heavy atom. The van der Waals surface area contributed by atoms with Crippen LogP contribution < -0.4 is 15.4 Å². The van der Waals surface area contributed by atoms with Gasteiger partial charge in [0.2, 0.25) is 0 Å². The molecule has 1 atom stereocenters. The summed E-state index contributed by atoms with van der Waals surface area (Å²) in [7, 11) is 1.77. The first-order chi connectivity index (χ1) is 10.7. The average molecular weight is 317 g/mol. The Morgan fingerprint density at radius 3 is 2.82 bits per heavy atom. The van der Waals surface area contributed by atoms with Crippen molar-refractivity contribution < 1.29 is 4.74 Å². The van der Waals surface area contributed by atoms with E-state index in [0.717, 1.165) is 18.3 Å². The van der Waals surface area contributed by atoms with Gasteiger partial charge < -0.3 is 15.4 Å². The monoisotopic (exact) mass is 317 g/mol. The molecule has 0 saturated carbocycles.